The van der Waals surface area contributed by atoms with Gasteiger partial charge in [0.25, 0.3) is 0 Å². The van der Waals surface area contributed by atoms with Crippen molar-refractivity contribution in [1.82, 2.24) is 10.6 Å². The minimum Gasteiger partial charge on any atom is -0.379 e. The summed E-state index contributed by atoms with van der Waals surface area (Å²) in [5, 5.41) is 6.09. The molecule has 0 spiro atoms. The average Bonchev–Trinajstić information content (AvgIpc) is 2.44. The summed E-state index contributed by atoms with van der Waals surface area (Å²) in [4.78, 5) is 23.1. The zero-order chi connectivity index (χ0) is 17.7. The molecule has 0 aliphatic carbocycles. The topological polar surface area (TPSA) is 76.7 Å². The first-order valence-corrected chi connectivity index (χ1v) is 8.42. The molecule has 0 aliphatic heterocycles. The molecule has 23 heavy (non-hydrogen) atoms. The third kappa shape index (κ3) is 14.3. The van der Waals surface area contributed by atoms with Gasteiger partial charge < -0.3 is 20.1 Å². The van der Waals surface area contributed by atoms with Crippen LogP contribution in [-0.4, -0.2) is 57.2 Å². The van der Waals surface area contributed by atoms with Crippen molar-refractivity contribution in [1.29, 1.82) is 0 Å². The second kappa shape index (κ2) is 12.4. The molecule has 136 valence electrons. The highest BCUT2D eigenvalue weighted by atomic mass is 16.5. The number of nitrogens with one attached hydrogen (secondary N) is 2. The number of hydrogen-bond donors (Lipinski definition) is 2. The van der Waals surface area contributed by atoms with E-state index in [-0.39, 0.29) is 23.7 Å². The van der Waals surface area contributed by atoms with Crippen molar-refractivity contribution in [3.05, 3.63) is 0 Å². The maximum atomic E-state index is 11.6. The number of carbonyl (C=O) groups excluding carboxylic acids is 2. The Morgan fingerprint density at radius 2 is 1.65 bits per heavy atom. The van der Waals surface area contributed by atoms with Gasteiger partial charge in [0.2, 0.25) is 5.91 Å². The largest absolute Gasteiger partial charge is 0.379 e. The monoisotopic (exact) mass is 330 g/mol. The number of hydrogen-bond acceptors (Lipinski definition) is 5. The van der Waals surface area contributed by atoms with Crippen molar-refractivity contribution in [2.24, 2.45) is 5.41 Å². The highest BCUT2D eigenvalue weighted by Crippen LogP contribution is 2.14. The second-order valence-corrected chi connectivity index (χ2v) is 6.90. The van der Waals surface area contributed by atoms with Crippen LogP contribution >= 0.6 is 0 Å². The van der Waals surface area contributed by atoms with Gasteiger partial charge in [0.05, 0.1) is 13.2 Å². The lowest BCUT2D eigenvalue weighted by atomic mass is 9.91. The SMILES string of the molecule is CC(C)NCCNC(=O)CCCOCCOCC(=O)C(C)(C)C. The fraction of sp³-hybridized carbons (Fsp3) is 0.882. The van der Waals surface area contributed by atoms with Crippen LogP contribution in [-0.2, 0) is 19.1 Å². The molecule has 0 aromatic rings. The van der Waals surface area contributed by atoms with Crippen LogP contribution in [0.5, 0.6) is 0 Å². The number of carbonyl (C=O) groups is 2. The molecular formula is C17H34N2O4. The molecule has 2 N–H and O–H groups in total. The van der Waals surface area contributed by atoms with E-state index in [0.717, 1.165) is 6.54 Å². The summed E-state index contributed by atoms with van der Waals surface area (Å²) in [5.41, 5.74) is -0.362. The maximum Gasteiger partial charge on any atom is 0.220 e. The van der Waals surface area contributed by atoms with Crippen LogP contribution in [0.1, 0.15) is 47.5 Å². The van der Waals surface area contributed by atoms with Gasteiger partial charge in [-0.05, 0) is 6.42 Å². The van der Waals surface area contributed by atoms with E-state index in [1.165, 1.54) is 0 Å². The third-order valence-electron chi connectivity index (χ3n) is 3.13. The number of rotatable bonds is 13. The molecule has 0 heterocycles. The fourth-order valence-electron chi connectivity index (χ4n) is 1.59. The molecule has 0 unspecified atom stereocenters. The molecule has 0 saturated heterocycles. The van der Waals surface area contributed by atoms with Crippen LogP contribution < -0.4 is 10.6 Å². The van der Waals surface area contributed by atoms with Gasteiger partial charge in [-0.25, -0.2) is 0 Å². The molecule has 0 aromatic heterocycles. The van der Waals surface area contributed by atoms with Crippen LogP contribution in [0, 0.1) is 5.41 Å². The van der Waals surface area contributed by atoms with Crippen molar-refractivity contribution in [3.63, 3.8) is 0 Å². The molecule has 0 atom stereocenters. The van der Waals surface area contributed by atoms with Crippen LogP contribution in [0.15, 0.2) is 0 Å². The summed E-state index contributed by atoms with van der Waals surface area (Å²) in [6.07, 6.45) is 1.15. The Bertz CT molecular complexity index is 338. The third-order valence-corrected chi connectivity index (χ3v) is 3.13. The van der Waals surface area contributed by atoms with Crippen molar-refractivity contribution in [3.8, 4) is 0 Å². The number of Topliss-reactive ketones (excluding diaryl/α,β-unsaturated/α-hetero) is 1. The molecule has 0 rings (SSSR count). The number of amides is 1. The van der Waals surface area contributed by atoms with Gasteiger partial charge in [-0.1, -0.05) is 34.6 Å². The van der Waals surface area contributed by atoms with E-state index in [0.29, 0.717) is 45.2 Å². The van der Waals surface area contributed by atoms with Crippen LogP contribution in [0.2, 0.25) is 0 Å². The zero-order valence-electron chi connectivity index (χ0n) is 15.4. The van der Waals surface area contributed by atoms with Crippen molar-refractivity contribution in [2.45, 2.75) is 53.5 Å². The molecule has 6 nitrogen and oxygen atoms in total. The van der Waals surface area contributed by atoms with Crippen LogP contribution in [0.3, 0.4) is 0 Å². The summed E-state index contributed by atoms with van der Waals surface area (Å²) in [6, 6.07) is 0.432. The van der Waals surface area contributed by atoms with Gasteiger partial charge in [0.15, 0.2) is 5.78 Å². The predicted octanol–water partition coefficient (Wildman–Crippen LogP) is 1.53. The molecule has 1 amide bonds. The first-order chi connectivity index (χ1) is 10.7. The Balaban J connectivity index is 3.36. The summed E-state index contributed by atoms with van der Waals surface area (Å²) < 4.78 is 10.7. The molecule has 0 bridgehead atoms. The summed E-state index contributed by atoms with van der Waals surface area (Å²) in [7, 11) is 0. The predicted molar refractivity (Wildman–Crippen MR) is 91.5 cm³/mol. The smallest absolute Gasteiger partial charge is 0.220 e. The highest BCUT2D eigenvalue weighted by Gasteiger charge is 2.20. The van der Waals surface area contributed by atoms with Crippen molar-refractivity contribution < 1.29 is 19.1 Å². The summed E-state index contributed by atoms with van der Waals surface area (Å²) in [5.74, 6) is 0.132. The molecule has 0 radical (unpaired) electrons. The van der Waals surface area contributed by atoms with Crippen LogP contribution in [0.4, 0.5) is 0 Å². The van der Waals surface area contributed by atoms with E-state index in [1.54, 1.807) is 0 Å². The lowest BCUT2D eigenvalue weighted by molar-refractivity contribution is -0.131. The normalized spacial score (nSPS) is 11.7. The van der Waals surface area contributed by atoms with E-state index < -0.39 is 0 Å². The van der Waals surface area contributed by atoms with Gasteiger partial charge in [-0.2, -0.15) is 0 Å². The maximum absolute atomic E-state index is 11.6. The van der Waals surface area contributed by atoms with Gasteiger partial charge in [-0.3, -0.25) is 9.59 Å². The Hall–Kier alpha value is -0.980. The van der Waals surface area contributed by atoms with Gasteiger partial charge in [0.1, 0.15) is 6.61 Å². The van der Waals surface area contributed by atoms with Crippen molar-refractivity contribution in [2.75, 3.05) is 39.5 Å². The molecule has 0 aromatic carbocycles. The van der Waals surface area contributed by atoms with Gasteiger partial charge >= 0.3 is 0 Å². The molecular weight excluding hydrogens is 296 g/mol. The van der Waals surface area contributed by atoms with E-state index in [4.69, 9.17) is 9.47 Å². The minimum absolute atomic E-state index is 0.0474. The first kappa shape index (κ1) is 22.0. The van der Waals surface area contributed by atoms with E-state index in [1.807, 2.05) is 20.8 Å². The number of ketones is 1. The highest BCUT2D eigenvalue weighted by molar-refractivity contribution is 5.84. The minimum atomic E-state index is -0.362. The Morgan fingerprint density at radius 3 is 2.26 bits per heavy atom. The zero-order valence-corrected chi connectivity index (χ0v) is 15.4. The quantitative estimate of drug-likeness (QED) is 0.501. The first-order valence-electron chi connectivity index (χ1n) is 8.42. The Labute approximate surface area is 140 Å². The standard InChI is InChI=1S/C17H34N2O4/c1-14(2)18-8-9-19-16(21)7-6-10-22-11-12-23-13-15(20)17(3,4)5/h14,18H,6-13H2,1-5H3,(H,19,21). The lowest BCUT2D eigenvalue weighted by Crippen LogP contribution is -2.34. The van der Waals surface area contributed by atoms with Gasteiger partial charge in [-0.15, -0.1) is 0 Å². The molecule has 0 fully saturated rings. The Morgan fingerprint density at radius 1 is 1.00 bits per heavy atom. The van der Waals surface area contributed by atoms with Gasteiger partial charge in [0, 0.05) is 37.6 Å². The van der Waals surface area contributed by atoms with E-state index >= 15 is 0 Å². The molecule has 0 aliphatic rings. The lowest BCUT2D eigenvalue weighted by Gasteiger charge is -2.16. The molecule has 6 heteroatoms. The fourth-order valence-corrected chi connectivity index (χ4v) is 1.59. The van der Waals surface area contributed by atoms with E-state index in [2.05, 4.69) is 24.5 Å². The van der Waals surface area contributed by atoms with E-state index in [9.17, 15) is 9.59 Å². The summed E-state index contributed by atoms with van der Waals surface area (Å²) in [6.45, 7) is 12.7. The van der Waals surface area contributed by atoms with Crippen molar-refractivity contribution >= 4 is 11.7 Å². The molecule has 0 saturated carbocycles. The Kier molecular flexibility index (Phi) is 11.9. The van der Waals surface area contributed by atoms with Crippen LogP contribution in [0.25, 0.3) is 0 Å². The second-order valence-electron chi connectivity index (χ2n) is 6.90. The summed E-state index contributed by atoms with van der Waals surface area (Å²) >= 11 is 0. The number of ether oxygens (including phenoxy) is 2. The average molecular weight is 330 g/mol.